The number of rotatable bonds is 7. The van der Waals surface area contributed by atoms with Crippen molar-refractivity contribution in [2.24, 2.45) is 0 Å². The number of ether oxygens (including phenoxy) is 2. The van der Waals surface area contributed by atoms with Crippen molar-refractivity contribution in [2.75, 3.05) is 0 Å². The summed E-state index contributed by atoms with van der Waals surface area (Å²) in [6.07, 6.45) is 4.21. The molecule has 5 nitrogen and oxygen atoms in total. The molecule has 0 saturated heterocycles. The van der Waals surface area contributed by atoms with Crippen molar-refractivity contribution in [3.63, 3.8) is 0 Å². The molecule has 0 amide bonds. The number of furan rings is 1. The zero-order valence-corrected chi connectivity index (χ0v) is 15.2. The lowest BCUT2D eigenvalue weighted by molar-refractivity contribution is -0.134. The molecule has 4 aromatic rings. The molecule has 28 heavy (non-hydrogen) atoms. The maximum Gasteiger partial charge on any atom is 0.311 e. The highest BCUT2D eigenvalue weighted by atomic mass is 16.5. The number of carbonyl (C=O) groups is 1. The molecule has 0 fully saturated rings. The minimum Gasteiger partial charge on any atom is -0.489 e. The number of pyridine rings is 1. The van der Waals surface area contributed by atoms with Crippen molar-refractivity contribution in [3.05, 3.63) is 90.4 Å². The van der Waals surface area contributed by atoms with Crippen molar-refractivity contribution in [3.8, 4) is 11.5 Å². The monoisotopic (exact) mass is 373 g/mol. The lowest BCUT2D eigenvalue weighted by atomic mass is 10.2. The Morgan fingerprint density at radius 2 is 1.68 bits per heavy atom. The van der Waals surface area contributed by atoms with Crippen LogP contribution < -0.4 is 9.47 Å². The molecule has 0 aliphatic heterocycles. The summed E-state index contributed by atoms with van der Waals surface area (Å²) in [5.74, 6) is 1.67. The average molecular weight is 373 g/mol. The first-order chi connectivity index (χ1) is 13.8. The zero-order valence-electron chi connectivity index (χ0n) is 15.2. The highest BCUT2D eigenvalue weighted by Gasteiger charge is 2.09. The molecule has 0 spiro atoms. The van der Waals surface area contributed by atoms with Crippen LogP contribution >= 0.6 is 0 Å². The number of aromatic nitrogens is 1. The van der Waals surface area contributed by atoms with Crippen LogP contribution in [0.25, 0.3) is 11.0 Å². The summed E-state index contributed by atoms with van der Waals surface area (Å²) < 4.78 is 16.8. The zero-order chi connectivity index (χ0) is 19.2. The van der Waals surface area contributed by atoms with Crippen LogP contribution in [0.3, 0.4) is 0 Å². The normalized spacial score (nSPS) is 10.7. The van der Waals surface area contributed by atoms with Gasteiger partial charge in [0.25, 0.3) is 0 Å². The van der Waals surface area contributed by atoms with Gasteiger partial charge in [-0.05, 0) is 54.1 Å². The molecule has 2 aromatic carbocycles. The molecular weight excluding hydrogens is 354 g/mol. The van der Waals surface area contributed by atoms with E-state index in [1.165, 1.54) is 0 Å². The van der Waals surface area contributed by atoms with Crippen LogP contribution in [0, 0.1) is 0 Å². The van der Waals surface area contributed by atoms with E-state index in [2.05, 4.69) is 4.98 Å². The third-order valence-electron chi connectivity index (χ3n) is 4.26. The molecule has 0 N–H and O–H groups in total. The first kappa shape index (κ1) is 17.8. The molecule has 0 radical (unpaired) electrons. The Labute approximate surface area is 162 Å². The number of hydrogen-bond donors (Lipinski definition) is 0. The molecule has 0 unspecified atom stereocenters. The molecule has 0 atom stereocenters. The molecular formula is C23H19NO4. The van der Waals surface area contributed by atoms with Crippen LogP contribution in [-0.4, -0.2) is 11.0 Å². The summed E-state index contributed by atoms with van der Waals surface area (Å²) in [7, 11) is 0. The lowest BCUT2D eigenvalue weighted by Crippen LogP contribution is -2.08. The summed E-state index contributed by atoms with van der Waals surface area (Å²) >= 11 is 0. The van der Waals surface area contributed by atoms with Crippen molar-refractivity contribution >= 4 is 16.9 Å². The second kappa shape index (κ2) is 8.39. The predicted octanol–water partition coefficient (Wildman–Crippen LogP) is 4.95. The number of aryl methyl sites for hydroxylation is 1. The second-order valence-corrected chi connectivity index (χ2v) is 6.34. The fraction of sp³-hybridized carbons (Fsp3) is 0.130. The molecule has 5 heteroatoms. The maximum atomic E-state index is 12.1. The smallest absolute Gasteiger partial charge is 0.311 e. The molecule has 0 aliphatic carbocycles. The molecule has 0 aliphatic rings. The van der Waals surface area contributed by atoms with Crippen molar-refractivity contribution < 1.29 is 18.7 Å². The van der Waals surface area contributed by atoms with Gasteiger partial charge in [-0.25, -0.2) is 0 Å². The first-order valence-corrected chi connectivity index (χ1v) is 9.06. The Morgan fingerprint density at radius 3 is 2.46 bits per heavy atom. The average Bonchev–Trinajstić information content (AvgIpc) is 3.16. The maximum absolute atomic E-state index is 12.1. The molecule has 2 aromatic heterocycles. The van der Waals surface area contributed by atoms with E-state index in [-0.39, 0.29) is 12.4 Å². The minimum atomic E-state index is -0.300. The van der Waals surface area contributed by atoms with Gasteiger partial charge < -0.3 is 13.9 Å². The minimum absolute atomic E-state index is 0.250. The standard InChI is InChI=1S/C23H19NO4/c25-23(10-9-21-15-18-3-1-2-4-22(18)27-21)28-20-7-5-19(6-8-20)26-16-17-11-13-24-14-12-17/h1-8,11-15H,9-10,16H2. The van der Waals surface area contributed by atoms with Crippen molar-refractivity contribution in [1.29, 1.82) is 0 Å². The predicted molar refractivity (Wildman–Crippen MR) is 105 cm³/mol. The van der Waals surface area contributed by atoms with E-state index in [1.807, 2.05) is 42.5 Å². The van der Waals surface area contributed by atoms with Gasteiger partial charge >= 0.3 is 5.97 Å². The number of hydrogen-bond acceptors (Lipinski definition) is 5. The van der Waals surface area contributed by atoms with E-state index in [0.29, 0.717) is 24.5 Å². The Kier molecular flexibility index (Phi) is 5.33. The van der Waals surface area contributed by atoms with Crippen LogP contribution in [-0.2, 0) is 17.8 Å². The van der Waals surface area contributed by atoms with Gasteiger partial charge in [0, 0.05) is 24.2 Å². The highest BCUT2D eigenvalue weighted by Crippen LogP contribution is 2.21. The van der Waals surface area contributed by atoms with E-state index >= 15 is 0 Å². The Bertz CT molecular complexity index is 1020. The first-order valence-electron chi connectivity index (χ1n) is 9.06. The number of nitrogens with zero attached hydrogens (tertiary/aromatic N) is 1. The van der Waals surface area contributed by atoms with E-state index in [0.717, 1.165) is 22.3 Å². The Balaban J connectivity index is 1.27. The van der Waals surface area contributed by atoms with Gasteiger partial charge in [0.1, 0.15) is 29.4 Å². The molecule has 0 bridgehead atoms. The van der Waals surface area contributed by atoms with E-state index in [1.54, 1.807) is 36.7 Å². The summed E-state index contributed by atoms with van der Waals surface area (Å²) in [4.78, 5) is 16.1. The second-order valence-electron chi connectivity index (χ2n) is 6.34. The Hall–Kier alpha value is -3.60. The quantitative estimate of drug-likeness (QED) is 0.339. The van der Waals surface area contributed by atoms with Gasteiger partial charge in [0.2, 0.25) is 0 Å². The topological polar surface area (TPSA) is 61.6 Å². The van der Waals surface area contributed by atoms with E-state index in [4.69, 9.17) is 13.9 Å². The van der Waals surface area contributed by atoms with Gasteiger partial charge in [-0.3, -0.25) is 9.78 Å². The number of esters is 1. The van der Waals surface area contributed by atoms with Gasteiger partial charge in [-0.1, -0.05) is 18.2 Å². The van der Waals surface area contributed by atoms with Crippen molar-refractivity contribution in [1.82, 2.24) is 4.98 Å². The molecule has 2 heterocycles. The van der Waals surface area contributed by atoms with E-state index < -0.39 is 0 Å². The van der Waals surface area contributed by atoms with Crippen LogP contribution in [0.5, 0.6) is 11.5 Å². The Morgan fingerprint density at radius 1 is 0.929 bits per heavy atom. The number of benzene rings is 2. The van der Waals surface area contributed by atoms with Crippen molar-refractivity contribution in [2.45, 2.75) is 19.4 Å². The highest BCUT2D eigenvalue weighted by molar-refractivity contribution is 5.78. The number of carbonyl (C=O) groups excluding carboxylic acids is 1. The van der Waals surface area contributed by atoms with Gasteiger partial charge in [-0.15, -0.1) is 0 Å². The molecule has 4 rings (SSSR count). The summed E-state index contributed by atoms with van der Waals surface area (Å²) in [6.45, 7) is 0.457. The largest absolute Gasteiger partial charge is 0.489 e. The lowest BCUT2D eigenvalue weighted by Gasteiger charge is -2.07. The number of para-hydroxylation sites is 1. The number of fused-ring (bicyclic) bond motifs is 1. The van der Waals surface area contributed by atoms with Crippen LogP contribution in [0.4, 0.5) is 0 Å². The third kappa shape index (κ3) is 4.57. The molecule has 0 saturated carbocycles. The SMILES string of the molecule is O=C(CCc1cc2ccccc2o1)Oc1ccc(OCc2ccncc2)cc1. The van der Waals surface area contributed by atoms with Gasteiger partial charge in [-0.2, -0.15) is 0 Å². The fourth-order valence-corrected chi connectivity index (χ4v) is 2.82. The fourth-order valence-electron chi connectivity index (χ4n) is 2.82. The third-order valence-corrected chi connectivity index (χ3v) is 4.26. The summed E-state index contributed by atoms with van der Waals surface area (Å²) in [5.41, 5.74) is 1.87. The summed E-state index contributed by atoms with van der Waals surface area (Å²) in [5, 5.41) is 1.04. The van der Waals surface area contributed by atoms with Crippen LogP contribution in [0.2, 0.25) is 0 Å². The van der Waals surface area contributed by atoms with Gasteiger partial charge in [0.05, 0.1) is 6.42 Å². The van der Waals surface area contributed by atoms with E-state index in [9.17, 15) is 4.79 Å². The van der Waals surface area contributed by atoms with Gasteiger partial charge in [0.15, 0.2) is 0 Å². The van der Waals surface area contributed by atoms with Crippen LogP contribution in [0.15, 0.2) is 83.5 Å². The van der Waals surface area contributed by atoms with Crippen LogP contribution in [0.1, 0.15) is 17.7 Å². The summed E-state index contributed by atoms with van der Waals surface area (Å²) in [6, 6.07) is 20.5. The molecule has 140 valence electrons.